The van der Waals surface area contributed by atoms with Crippen LogP contribution in [0.25, 0.3) is 0 Å². The highest BCUT2D eigenvalue weighted by molar-refractivity contribution is 7.93. The first-order valence-electron chi connectivity index (χ1n) is 5.69. The average molecular weight is 255 g/mol. The molecule has 1 aromatic carbocycles. The normalized spacial score (nSPS) is 20.6. The highest BCUT2D eigenvalue weighted by Crippen LogP contribution is 2.44. The van der Waals surface area contributed by atoms with Crippen molar-refractivity contribution in [3.8, 4) is 5.75 Å². The van der Waals surface area contributed by atoms with Crippen LogP contribution in [0.15, 0.2) is 29.2 Å². The lowest BCUT2D eigenvalue weighted by atomic mass is 9.79. The van der Waals surface area contributed by atoms with Crippen LogP contribution in [0.2, 0.25) is 0 Å². The molecule has 94 valence electrons. The minimum Gasteiger partial charge on any atom is -0.508 e. The highest BCUT2D eigenvalue weighted by Gasteiger charge is 2.52. The van der Waals surface area contributed by atoms with E-state index in [1.165, 1.54) is 24.3 Å². The molecule has 1 aliphatic rings. The fraction of sp³-hybridized carbons (Fsp3) is 0.500. The molecule has 3 N–H and O–H groups in total. The van der Waals surface area contributed by atoms with Crippen molar-refractivity contribution < 1.29 is 13.5 Å². The molecule has 2 rings (SSSR count). The zero-order chi connectivity index (χ0) is 12.7. The van der Waals surface area contributed by atoms with E-state index in [9.17, 15) is 13.5 Å². The number of nitrogens with two attached hydrogens (primary N) is 1. The molecule has 1 aliphatic carbocycles. The number of rotatable bonds is 3. The molecule has 4 nitrogen and oxygen atoms in total. The van der Waals surface area contributed by atoms with Gasteiger partial charge in [-0.05, 0) is 38.0 Å². The second-order valence-electron chi connectivity index (χ2n) is 4.71. The number of sulfone groups is 1. The summed E-state index contributed by atoms with van der Waals surface area (Å²) in [7, 11) is -3.47. The van der Waals surface area contributed by atoms with Gasteiger partial charge in [0.1, 0.15) is 5.75 Å². The van der Waals surface area contributed by atoms with E-state index in [2.05, 4.69) is 0 Å². The number of phenolic OH excluding ortho intramolecular Hbond substituents is 1. The van der Waals surface area contributed by atoms with Crippen LogP contribution in [0.1, 0.15) is 26.2 Å². The third-order valence-corrected chi connectivity index (χ3v) is 6.42. The Kier molecular flexibility index (Phi) is 2.91. The van der Waals surface area contributed by atoms with Gasteiger partial charge in [0.2, 0.25) is 0 Å². The van der Waals surface area contributed by atoms with E-state index in [0.717, 1.165) is 6.42 Å². The van der Waals surface area contributed by atoms with E-state index in [0.29, 0.717) is 12.8 Å². The Hall–Kier alpha value is -1.07. The first kappa shape index (κ1) is 12.4. The van der Waals surface area contributed by atoms with E-state index in [-0.39, 0.29) is 10.6 Å². The monoisotopic (exact) mass is 255 g/mol. The third kappa shape index (κ3) is 1.73. The highest BCUT2D eigenvalue weighted by atomic mass is 32.2. The van der Waals surface area contributed by atoms with Crippen molar-refractivity contribution in [2.45, 2.75) is 41.9 Å². The summed E-state index contributed by atoms with van der Waals surface area (Å²) in [5.41, 5.74) is 5.85. The summed E-state index contributed by atoms with van der Waals surface area (Å²) < 4.78 is 24.2. The molecular formula is C12H17NO3S. The van der Waals surface area contributed by atoms with Crippen molar-refractivity contribution in [2.24, 2.45) is 5.73 Å². The summed E-state index contributed by atoms with van der Waals surface area (Å²) in [5.74, 6) is -0.0368. The molecule has 1 saturated carbocycles. The van der Waals surface area contributed by atoms with Crippen LogP contribution in [0.4, 0.5) is 0 Å². The summed E-state index contributed by atoms with van der Waals surface area (Å²) in [6.07, 6.45) is 2.09. The van der Waals surface area contributed by atoms with E-state index in [1.54, 1.807) is 6.92 Å². The summed E-state index contributed by atoms with van der Waals surface area (Å²) in [4.78, 5) is 0.162. The zero-order valence-electron chi connectivity index (χ0n) is 9.76. The summed E-state index contributed by atoms with van der Waals surface area (Å²) >= 11 is 0. The van der Waals surface area contributed by atoms with Crippen LogP contribution in [-0.2, 0) is 9.84 Å². The van der Waals surface area contributed by atoms with E-state index in [1.807, 2.05) is 0 Å². The number of aromatic hydroxyl groups is 1. The lowest BCUT2D eigenvalue weighted by Crippen LogP contribution is -2.56. The van der Waals surface area contributed by atoms with Crippen molar-refractivity contribution in [1.82, 2.24) is 0 Å². The number of phenols is 1. The first-order valence-corrected chi connectivity index (χ1v) is 7.18. The number of benzene rings is 1. The molecule has 0 aromatic heterocycles. The Morgan fingerprint density at radius 2 is 2.06 bits per heavy atom. The molecule has 0 saturated heterocycles. The van der Waals surface area contributed by atoms with Gasteiger partial charge in [0, 0.05) is 6.04 Å². The molecule has 0 spiro atoms. The first-order chi connectivity index (χ1) is 7.90. The van der Waals surface area contributed by atoms with Gasteiger partial charge in [-0.3, -0.25) is 0 Å². The minimum absolute atomic E-state index is 0.0368. The van der Waals surface area contributed by atoms with Gasteiger partial charge in [-0.1, -0.05) is 12.5 Å². The van der Waals surface area contributed by atoms with Gasteiger partial charge in [0.15, 0.2) is 9.84 Å². The predicted octanol–water partition coefficient (Wildman–Crippen LogP) is 1.44. The zero-order valence-corrected chi connectivity index (χ0v) is 10.6. The van der Waals surface area contributed by atoms with Crippen LogP contribution < -0.4 is 5.73 Å². The van der Waals surface area contributed by atoms with Gasteiger partial charge >= 0.3 is 0 Å². The Bertz CT molecular complexity index is 518. The molecule has 0 radical (unpaired) electrons. The smallest absolute Gasteiger partial charge is 0.185 e. The second-order valence-corrected chi connectivity index (χ2v) is 7.00. The van der Waals surface area contributed by atoms with Crippen molar-refractivity contribution in [2.75, 3.05) is 0 Å². The predicted molar refractivity (Wildman–Crippen MR) is 65.5 cm³/mol. The molecule has 5 heteroatoms. The van der Waals surface area contributed by atoms with E-state index in [4.69, 9.17) is 5.73 Å². The maximum atomic E-state index is 12.5. The largest absolute Gasteiger partial charge is 0.508 e. The third-order valence-electron chi connectivity index (χ3n) is 3.69. The Morgan fingerprint density at radius 3 is 2.47 bits per heavy atom. The molecule has 1 aromatic rings. The Morgan fingerprint density at radius 1 is 1.41 bits per heavy atom. The fourth-order valence-electron chi connectivity index (χ4n) is 2.38. The number of hydrogen-bond acceptors (Lipinski definition) is 4. The van der Waals surface area contributed by atoms with Crippen molar-refractivity contribution >= 4 is 9.84 Å². The molecule has 17 heavy (non-hydrogen) atoms. The average Bonchev–Trinajstić information content (AvgIpc) is 2.14. The van der Waals surface area contributed by atoms with Crippen LogP contribution in [0.5, 0.6) is 5.75 Å². The molecule has 0 bridgehead atoms. The molecule has 0 amide bonds. The molecule has 1 fully saturated rings. The van der Waals surface area contributed by atoms with Crippen LogP contribution in [0, 0.1) is 0 Å². The Balaban J connectivity index is 2.50. The number of hydrogen-bond donors (Lipinski definition) is 2. The molecular weight excluding hydrogens is 238 g/mol. The van der Waals surface area contributed by atoms with Crippen molar-refractivity contribution in [3.05, 3.63) is 24.3 Å². The van der Waals surface area contributed by atoms with E-state index >= 15 is 0 Å². The van der Waals surface area contributed by atoms with Gasteiger partial charge in [-0.2, -0.15) is 0 Å². The maximum absolute atomic E-state index is 12.5. The van der Waals surface area contributed by atoms with Crippen LogP contribution in [-0.4, -0.2) is 24.3 Å². The lowest BCUT2D eigenvalue weighted by Gasteiger charge is -2.44. The summed E-state index contributed by atoms with van der Waals surface area (Å²) in [6.45, 7) is 1.74. The van der Waals surface area contributed by atoms with Crippen molar-refractivity contribution in [3.63, 3.8) is 0 Å². The Labute approximate surface area is 101 Å². The van der Waals surface area contributed by atoms with Gasteiger partial charge in [-0.25, -0.2) is 8.42 Å². The summed E-state index contributed by atoms with van der Waals surface area (Å²) in [6, 6.07) is 5.40. The quantitative estimate of drug-likeness (QED) is 0.856. The van der Waals surface area contributed by atoms with Crippen molar-refractivity contribution in [1.29, 1.82) is 0 Å². The van der Waals surface area contributed by atoms with E-state index < -0.39 is 20.6 Å². The molecule has 0 heterocycles. The molecule has 1 atom stereocenters. The molecule has 0 aliphatic heterocycles. The fourth-order valence-corrected chi connectivity index (χ4v) is 4.70. The van der Waals surface area contributed by atoms with Gasteiger partial charge in [-0.15, -0.1) is 0 Å². The second kappa shape index (κ2) is 3.99. The standard InChI is InChI=1S/C12H17NO3S/c1-9(13)12(6-3-7-12)17(15,16)11-5-2-4-10(14)8-11/h2,4-5,8-9,14H,3,6-7,13H2,1H3. The topological polar surface area (TPSA) is 80.4 Å². The summed E-state index contributed by atoms with van der Waals surface area (Å²) in [5, 5.41) is 9.38. The van der Waals surface area contributed by atoms with Gasteiger partial charge in [0.25, 0.3) is 0 Å². The maximum Gasteiger partial charge on any atom is 0.185 e. The van der Waals surface area contributed by atoms with Crippen LogP contribution in [0.3, 0.4) is 0 Å². The minimum atomic E-state index is -3.47. The molecule has 1 unspecified atom stereocenters. The van der Waals surface area contributed by atoms with Gasteiger partial charge in [0.05, 0.1) is 9.64 Å². The van der Waals surface area contributed by atoms with Crippen LogP contribution >= 0.6 is 0 Å². The SMILES string of the molecule is CC(N)C1(S(=O)(=O)c2cccc(O)c2)CCC1. The van der Waals surface area contributed by atoms with Gasteiger partial charge < -0.3 is 10.8 Å². The lowest BCUT2D eigenvalue weighted by molar-refractivity contribution is 0.296.